The number of aryl methyl sites for hydroxylation is 1. The molecule has 0 N–H and O–H groups in total. The van der Waals surface area contributed by atoms with E-state index in [0.29, 0.717) is 6.54 Å². The predicted molar refractivity (Wildman–Crippen MR) is 85.8 cm³/mol. The van der Waals surface area contributed by atoms with Crippen molar-refractivity contribution in [3.8, 4) is 0 Å². The molecule has 1 aliphatic heterocycles. The minimum atomic E-state index is -3.71. The first-order valence-corrected chi connectivity index (χ1v) is 8.76. The smallest absolute Gasteiger partial charge is 0.265 e. The molecule has 0 atom stereocenters. The van der Waals surface area contributed by atoms with Gasteiger partial charge in [0.05, 0.1) is 15.7 Å². The Labute approximate surface area is 134 Å². The molecule has 1 heterocycles. The zero-order valence-electron chi connectivity index (χ0n) is 11.1. The van der Waals surface area contributed by atoms with Gasteiger partial charge in [-0.2, -0.15) is 0 Å². The lowest BCUT2D eigenvalue weighted by atomic mass is 10.0. The maximum Gasteiger partial charge on any atom is 0.265 e. The van der Waals surface area contributed by atoms with Crippen LogP contribution in [0.1, 0.15) is 12.0 Å². The minimum absolute atomic E-state index is 0.0494. The molecule has 110 valence electrons. The highest BCUT2D eigenvalue weighted by Gasteiger charge is 2.30. The third-order valence-corrected chi connectivity index (χ3v) is 6.34. The van der Waals surface area contributed by atoms with Crippen LogP contribution in [-0.4, -0.2) is 15.0 Å². The minimum Gasteiger partial charge on any atom is -0.266 e. The summed E-state index contributed by atoms with van der Waals surface area (Å²) in [5.74, 6) is 0. The van der Waals surface area contributed by atoms with Crippen molar-refractivity contribution in [3.63, 3.8) is 0 Å². The number of para-hydroxylation sites is 1. The summed E-state index contributed by atoms with van der Waals surface area (Å²) in [5, 5.41) is 0.310. The van der Waals surface area contributed by atoms with Crippen molar-refractivity contribution in [2.24, 2.45) is 0 Å². The zero-order valence-corrected chi connectivity index (χ0v) is 13.4. The Kier molecular flexibility index (Phi) is 3.86. The van der Waals surface area contributed by atoms with Crippen molar-refractivity contribution in [1.29, 1.82) is 0 Å². The Bertz CT molecular complexity index is 790. The SMILES string of the molecule is O=S(=O)(c1cccc(Cl)c1Cl)N1CCCc2ccccc21. The molecular formula is C15H13Cl2NO2S. The van der Waals surface area contributed by atoms with Crippen LogP contribution in [0.15, 0.2) is 47.4 Å². The standard InChI is InChI=1S/C15H13Cl2NO2S/c16-12-7-3-9-14(15(12)17)21(19,20)18-10-4-6-11-5-1-2-8-13(11)18/h1-3,5,7-9H,4,6,10H2. The van der Waals surface area contributed by atoms with E-state index in [4.69, 9.17) is 23.2 Å². The average molecular weight is 342 g/mol. The number of hydrogen-bond donors (Lipinski definition) is 0. The quantitative estimate of drug-likeness (QED) is 0.823. The Balaban J connectivity index is 2.14. The maximum atomic E-state index is 12.9. The highest BCUT2D eigenvalue weighted by molar-refractivity contribution is 7.93. The van der Waals surface area contributed by atoms with Gasteiger partial charge >= 0.3 is 0 Å². The molecule has 0 saturated carbocycles. The van der Waals surface area contributed by atoms with Gasteiger partial charge in [0, 0.05) is 6.54 Å². The van der Waals surface area contributed by atoms with E-state index in [2.05, 4.69) is 0 Å². The number of fused-ring (bicyclic) bond motifs is 1. The number of halogens is 2. The second-order valence-electron chi connectivity index (χ2n) is 4.86. The van der Waals surface area contributed by atoms with E-state index >= 15 is 0 Å². The summed E-state index contributed by atoms with van der Waals surface area (Å²) < 4.78 is 27.2. The average Bonchev–Trinajstić information content (AvgIpc) is 2.49. The second kappa shape index (κ2) is 5.52. The van der Waals surface area contributed by atoms with Crippen LogP contribution in [0.25, 0.3) is 0 Å². The summed E-state index contributed by atoms with van der Waals surface area (Å²) >= 11 is 12.0. The Hall–Kier alpha value is -1.23. The van der Waals surface area contributed by atoms with Gasteiger partial charge in [-0.1, -0.05) is 47.5 Å². The molecule has 0 aromatic heterocycles. The van der Waals surface area contributed by atoms with Crippen LogP contribution >= 0.6 is 23.2 Å². The zero-order chi connectivity index (χ0) is 15.0. The first-order valence-electron chi connectivity index (χ1n) is 6.56. The predicted octanol–water partition coefficient (Wildman–Crippen LogP) is 4.13. The maximum absolute atomic E-state index is 12.9. The van der Waals surface area contributed by atoms with E-state index in [1.54, 1.807) is 12.1 Å². The fourth-order valence-corrected chi connectivity index (χ4v) is 4.83. The van der Waals surface area contributed by atoms with Crippen LogP contribution in [0.2, 0.25) is 10.0 Å². The molecule has 0 aliphatic carbocycles. The highest BCUT2D eigenvalue weighted by Crippen LogP contribution is 2.36. The van der Waals surface area contributed by atoms with Gasteiger partial charge in [0.1, 0.15) is 4.90 Å². The topological polar surface area (TPSA) is 37.4 Å². The molecule has 3 rings (SSSR count). The van der Waals surface area contributed by atoms with Gasteiger partial charge in [-0.05, 0) is 36.6 Å². The largest absolute Gasteiger partial charge is 0.266 e. The van der Waals surface area contributed by atoms with E-state index in [1.165, 1.54) is 10.4 Å². The van der Waals surface area contributed by atoms with E-state index in [0.717, 1.165) is 24.1 Å². The van der Waals surface area contributed by atoms with Crippen LogP contribution in [0.3, 0.4) is 0 Å². The second-order valence-corrected chi connectivity index (χ2v) is 7.48. The number of hydrogen-bond acceptors (Lipinski definition) is 2. The number of rotatable bonds is 2. The lowest BCUT2D eigenvalue weighted by Gasteiger charge is -2.30. The Morgan fingerprint density at radius 2 is 1.76 bits per heavy atom. The van der Waals surface area contributed by atoms with Crippen LogP contribution in [0, 0.1) is 0 Å². The van der Waals surface area contributed by atoms with E-state index in [9.17, 15) is 8.42 Å². The van der Waals surface area contributed by atoms with Gasteiger partial charge in [0.2, 0.25) is 0 Å². The lowest BCUT2D eigenvalue weighted by molar-refractivity contribution is 0.586. The molecule has 6 heteroatoms. The molecule has 0 unspecified atom stereocenters. The van der Waals surface area contributed by atoms with Crippen molar-refractivity contribution in [2.45, 2.75) is 17.7 Å². The van der Waals surface area contributed by atoms with Crippen molar-refractivity contribution in [2.75, 3.05) is 10.8 Å². The third-order valence-electron chi connectivity index (χ3n) is 3.55. The van der Waals surface area contributed by atoms with Gasteiger partial charge < -0.3 is 0 Å². The van der Waals surface area contributed by atoms with Gasteiger partial charge in [0.15, 0.2) is 0 Å². The third kappa shape index (κ3) is 2.52. The molecule has 0 radical (unpaired) electrons. The molecule has 2 aromatic rings. The van der Waals surface area contributed by atoms with Gasteiger partial charge in [-0.3, -0.25) is 4.31 Å². The van der Waals surface area contributed by atoms with Gasteiger partial charge in [-0.25, -0.2) is 8.42 Å². The fraction of sp³-hybridized carbons (Fsp3) is 0.200. The summed E-state index contributed by atoms with van der Waals surface area (Å²) in [7, 11) is -3.71. The first-order chi connectivity index (χ1) is 10.0. The van der Waals surface area contributed by atoms with Crippen molar-refractivity contribution < 1.29 is 8.42 Å². The molecule has 0 bridgehead atoms. The van der Waals surface area contributed by atoms with E-state index < -0.39 is 10.0 Å². The number of nitrogens with zero attached hydrogens (tertiary/aromatic N) is 1. The van der Waals surface area contributed by atoms with E-state index in [1.807, 2.05) is 24.3 Å². The monoisotopic (exact) mass is 341 g/mol. The van der Waals surface area contributed by atoms with Crippen molar-refractivity contribution >= 4 is 38.9 Å². The van der Waals surface area contributed by atoms with E-state index in [-0.39, 0.29) is 14.9 Å². The fourth-order valence-electron chi connectivity index (χ4n) is 2.55. The van der Waals surface area contributed by atoms with Crippen molar-refractivity contribution in [1.82, 2.24) is 0 Å². The molecule has 0 fully saturated rings. The Morgan fingerprint density at radius 1 is 1.00 bits per heavy atom. The molecule has 2 aromatic carbocycles. The van der Waals surface area contributed by atoms with Gasteiger partial charge in [-0.15, -0.1) is 0 Å². The molecule has 0 saturated heterocycles. The summed E-state index contributed by atoms with van der Waals surface area (Å²) in [5.41, 5.74) is 1.75. The van der Waals surface area contributed by atoms with Crippen LogP contribution < -0.4 is 4.31 Å². The van der Waals surface area contributed by atoms with Crippen molar-refractivity contribution in [3.05, 3.63) is 58.1 Å². The van der Waals surface area contributed by atoms with Gasteiger partial charge in [0.25, 0.3) is 10.0 Å². The lowest BCUT2D eigenvalue weighted by Crippen LogP contribution is -2.35. The normalized spacial score (nSPS) is 14.9. The summed E-state index contributed by atoms with van der Waals surface area (Å²) in [6, 6.07) is 12.2. The number of sulfonamides is 1. The molecule has 21 heavy (non-hydrogen) atoms. The Morgan fingerprint density at radius 3 is 2.57 bits per heavy atom. The first kappa shape index (κ1) is 14.7. The number of anilines is 1. The molecule has 3 nitrogen and oxygen atoms in total. The van der Waals surface area contributed by atoms with Crippen LogP contribution in [0.4, 0.5) is 5.69 Å². The summed E-state index contributed by atoms with van der Waals surface area (Å²) in [4.78, 5) is 0.0494. The molecule has 1 aliphatic rings. The van der Waals surface area contributed by atoms with Crippen LogP contribution in [-0.2, 0) is 16.4 Å². The summed E-state index contributed by atoms with van der Waals surface area (Å²) in [6.07, 6.45) is 1.67. The molecule has 0 spiro atoms. The van der Waals surface area contributed by atoms with Crippen LogP contribution in [0.5, 0.6) is 0 Å². The molecule has 0 amide bonds. The highest BCUT2D eigenvalue weighted by atomic mass is 35.5. The summed E-state index contributed by atoms with van der Waals surface area (Å²) in [6.45, 7) is 0.447. The molecular weight excluding hydrogens is 329 g/mol. The number of benzene rings is 2.